The lowest BCUT2D eigenvalue weighted by molar-refractivity contribution is 0.414. The number of ether oxygens (including phenoxy) is 1. The van der Waals surface area contributed by atoms with Crippen LogP contribution in [0, 0.1) is 0 Å². The van der Waals surface area contributed by atoms with Crippen LogP contribution in [0.3, 0.4) is 0 Å². The molecule has 1 aromatic rings. The summed E-state index contributed by atoms with van der Waals surface area (Å²) >= 11 is 6.06. The second-order valence-corrected chi connectivity index (χ2v) is 4.18. The van der Waals surface area contributed by atoms with E-state index in [1.54, 1.807) is 7.11 Å². The molecule has 1 nitrogen and oxygen atoms in total. The highest BCUT2D eigenvalue weighted by molar-refractivity contribution is 7.99. The van der Waals surface area contributed by atoms with Crippen molar-refractivity contribution in [2.45, 2.75) is 5.75 Å². The van der Waals surface area contributed by atoms with E-state index < -0.39 is 0 Å². The molecule has 0 heterocycles. The predicted molar refractivity (Wildman–Crippen MR) is 63.0 cm³/mol. The molecular formula is C10H14OS2. The van der Waals surface area contributed by atoms with Crippen LogP contribution in [0.25, 0.3) is 0 Å². The molecule has 0 aliphatic carbocycles. The Morgan fingerprint density at radius 1 is 1.31 bits per heavy atom. The molecule has 0 aromatic heterocycles. The molecule has 0 aliphatic heterocycles. The molecule has 0 spiro atoms. The number of hydrogen-bond acceptors (Lipinski definition) is 3. The van der Waals surface area contributed by atoms with Crippen LogP contribution in [0.4, 0.5) is 0 Å². The highest BCUT2D eigenvalue weighted by Gasteiger charge is 1.93. The molecule has 0 atom stereocenters. The van der Waals surface area contributed by atoms with Gasteiger partial charge in [0.2, 0.25) is 0 Å². The maximum Gasteiger partial charge on any atom is 0.118 e. The molecule has 0 fully saturated rings. The van der Waals surface area contributed by atoms with Crippen LogP contribution in [-0.2, 0) is 5.75 Å². The van der Waals surface area contributed by atoms with E-state index in [1.807, 2.05) is 23.9 Å². The third kappa shape index (κ3) is 3.96. The highest BCUT2D eigenvalue weighted by Crippen LogP contribution is 2.16. The minimum atomic E-state index is 0.919. The Balaban J connectivity index is 2.40. The van der Waals surface area contributed by atoms with Crippen LogP contribution in [-0.4, -0.2) is 18.6 Å². The SMILES string of the molecule is COc1ccc(CSCCS)cc1. The number of methoxy groups -OCH3 is 1. The minimum absolute atomic E-state index is 0.919. The van der Waals surface area contributed by atoms with E-state index in [2.05, 4.69) is 24.8 Å². The van der Waals surface area contributed by atoms with Crippen LogP contribution in [0.15, 0.2) is 24.3 Å². The monoisotopic (exact) mass is 214 g/mol. The summed E-state index contributed by atoms with van der Waals surface area (Å²) in [6.07, 6.45) is 0. The van der Waals surface area contributed by atoms with Crippen molar-refractivity contribution in [2.75, 3.05) is 18.6 Å². The minimum Gasteiger partial charge on any atom is -0.497 e. The fourth-order valence-electron chi connectivity index (χ4n) is 0.976. The van der Waals surface area contributed by atoms with Gasteiger partial charge in [-0.05, 0) is 23.4 Å². The van der Waals surface area contributed by atoms with Crippen molar-refractivity contribution in [3.05, 3.63) is 29.8 Å². The van der Waals surface area contributed by atoms with Gasteiger partial charge in [-0.3, -0.25) is 0 Å². The number of thioether (sulfide) groups is 1. The number of benzene rings is 1. The Morgan fingerprint density at radius 3 is 2.54 bits per heavy atom. The van der Waals surface area contributed by atoms with Crippen molar-refractivity contribution in [3.8, 4) is 5.75 Å². The molecule has 0 unspecified atom stereocenters. The summed E-state index contributed by atoms with van der Waals surface area (Å²) in [4.78, 5) is 0. The van der Waals surface area contributed by atoms with Crippen LogP contribution >= 0.6 is 24.4 Å². The molecular weight excluding hydrogens is 200 g/mol. The summed E-state index contributed by atoms with van der Waals surface area (Å²) in [5.41, 5.74) is 1.34. The molecule has 0 amide bonds. The molecule has 1 aromatic carbocycles. The molecule has 0 radical (unpaired) electrons. The third-order valence-corrected chi connectivity index (χ3v) is 3.22. The van der Waals surface area contributed by atoms with Gasteiger partial charge in [0.25, 0.3) is 0 Å². The van der Waals surface area contributed by atoms with Crippen molar-refractivity contribution in [1.82, 2.24) is 0 Å². The Bertz CT molecular complexity index is 233. The van der Waals surface area contributed by atoms with Crippen molar-refractivity contribution < 1.29 is 4.74 Å². The van der Waals surface area contributed by atoms with Gasteiger partial charge < -0.3 is 4.74 Å². The fourth-order valence-corrected chi connectivity index (χ4v) is 2.07. The zero-order valence-corrected chi connectivity index (χ0v) is 9.41. The van der Waals surface area contributed by atoms with Crippen LogP contribution in [0.5, 0.6) is 5.75 Å². The van der Waals surface area contributed by atoms with Crippen LogP contribution < -0.4 is 4.74 Å². The summed E-state index contributed by atoms with van der Waals surface area (Å²) < 4.78 is 5.08. The smallest absolute Gasteiger partial charge is 0.118 e. The summed E-state index contributed by atoms with van der Waals surface area (Å²) in [5, 5.41) is 0. The number of hydrogen-bond donors (Lipinski definition) is 1. The average molecular weight is 214 g/mol. The molecule has 3 heteroatoms. The Morgan fingerprint density at radius 2 is 2.00 bits per heavy atom. The second-order valence-electron chi connectivity index (χ2n) is 2.62. The zero-order valence-electron chi connectivity index (χ0n) is 7.69. The van der Waals surface area contributed by atoms with E-state index in [9.17, 15) is 0 Å². The van der Waals surface area contributed by atoms with E-state index in [0.29, 0.717) is 0 Å². The Kier molecular flexibility index (Phi) is 5.16. The average Bonchev–Trinajstić information content (AvgIpc) is 2.19. The van der Waals surface area contributed by atoms with Gasteiger partial charge in [0.05, 0.1) is 7.11 Å². The molecule has 0 saturated heterocycles. The molecule has 0 aliphatic rings. The first kappa shape index (κ1) is 10.8. The molecule has 1 rings (SSSR count). The van der Waals surface area contributed by atoms with E-state index in [-0.39, 0.29) is 0 Å². The molecule has 0 N–H and O–H groups in total. The summed E-state index contributed by atoms with van der Waals surface area (Å²) in [6.45, 7) is 0. The van der Waals surface area contributed by atoms with Crippen LogP contribution in [0.1, 0.15) is 5.56 Å². The molecule has 72 valence electrons. The molecule has 13 heavy (non-hydrogen) atoms. The van der Waals surface area contributed by atoms with Gasteiger partial charge in [0.15, 0.2) is 0 Å². The van der Waals surface area contributed by atoms with Gasteiger partial charge in [-0.15, -0.1) is 0 Å². The lowest BCUT2D eigenvalue weighted by atomic mass is 10.2. The van der Waals surface area contributed by atoms with Crippen molar-refractivity contribution in [3.63, 3.8) is 0 Å². The van der Waals surface area contributed by atoms with E-state index in [0.717, 1.165) is 23.0 Å². The maximum atomic E-state index is 5.08. The normalized spacial score (nSPS) is 10.0. The van der Waals surface area contributed by atoms with Crippen molar-refractivity contribution in [1.29, 1.82) is 0 Å². The number of thiol groups is 1. The van der Waals surface area contributed by atoms with Gasteiger partial charge in [-0.1, -0.05) is 12.1 Å². The maximum absolute atomic E-state index is 5.08. The predicted octanol–water partition coefficient (Wildman–Crippen LogP) is 2.86. The first-order valence-corrected chi connectivity index (χ1v) is 5.97. The first-order chi connectivity index (χ1) is 6.36. The quantitative estimate of drug-likeness (QED) is 0.596. The van der Waals surface area contributed by atoms with E-state index in [4.69, 9.17) is 4.74 Å². The van der Waals surface area contributed by atoms with Gasteiger partial charge in [0, 0.05) is 11.5 Å². The lowest BCUT2D eigenvalue weighted by Crippen LogP contribution is -1.86. The van der Waals surface area contributed by atoms with E-state index >= 15 is 0 Å². The second kappa shape index (κ2) is 6.22. The number of rotatable bonds is 5. The summed E-state index contributed by atoms with van der Waals surface area (Å²) in [5.74, 6) is 4.03. The fraction of sp³-hybridized carbons (Fsp3) is 0.400. The van der Waals surface area contributed by atoms with Crippen LogP contribution in [0.2, 0.25) is 0 Å². The summed E-state index contributed by atoms with van der Waals surface area (Å²) in [7, 11) is 1.69. The van der Waals surface area contributed by atoms with Gasteiger partial charge >= 0.3 is 0 Å². The van der Waals surface area contributed by atoms with Crippen molar-refractivity contribution >= 4 is 24.4 Å². The lowest BCUT2D eigenvalue weighted by Gasteiger charge is -2.02. The summed E-state index contributed by atoms with van der Waals surface area (Å²) in [6, 6.07) is 8.20. The van der Waals surface area contributed by atoms with Crippen molar-refractivity contribution in [2.24, 2.45) is 0 Å². The topological polar surface area (TPSA) is 9.23 Å². The largest absolute Gasteiger partial charge is 0.497 e. The zero-order chi connectivity index (χ0) is 9.52. The third-order valence-electron chi connectivity index (χ3n) is 1.66. The van der Waals surface area contributed by atoms with Gasteiger partial charge in [-0.2, -0.15) is 24.4 Å². The van der Waals surface area contributed by atoms with Gasteiger partial charge in [0.1, 0.15) is 5.75 Å². The standard InChI is InChI=1S/C10H14OS2/c1-11-10-4-2-9(3-5-10)8-13-7-6-12/h2-5,12H,6-8H2,1H3. The van der Waals surface area contributed by atoms with E-state index in [1.165, 1.54) is 5.56 Å². The Hall–Kier alpha value is -0.280. The highest BCUT2D eigenvalue weighted by atomic mass is 32.2. The molecule has 0 saturated carbocycles. The molecule has 0 bridgehead atoms. The van der Waals surface area contributed by atoms with Gasteiger partial charge in [-0.25, -0.2) is 0 Å². The Labute approximate surface area is 89.3 Å². The first-order valence-electron chi connectivity index (χ1n) is 4.18.